The fourth-order valence-corrected chi connectivity index (χ4v) is 1.18. The van der Waals surface area contributed by atoms with E-state index in [4.69, 9.17) is 11.0 Å². The van der Waals surface area contributed by atoms with Crippen molar-refractivity contribution in [3.63, 3.8) is 0 Å². The Morgan fingerprint density at radius 1 is 1.57 bits per heavy atom. The molecule has 4 heteroatoms. The minimum Gasteiger partial charge on any atom is -0.508 e. The van der Waals surface area contributed by atoms with Gasteiger partial charge in [0.15, 0.2) is 0 Å². The Morgan fingerprint density at radius 2 is 2.21 bits per heavy atom. The molecule has 0 bridgehead atoms. The number of phenolic OH excluding ortho intramolecular Hbond substituents is 1. The van der Waals surface area contributed by atoms with Crippen LogP contribution in [-0.4, -0.2) is 5.11 Å². The van der Waals surface area contributed by atoms with Gasteiger partial charge < -0.3 is 10.8 Å². The van der Waals surface area contributed by atoms with Crippen molar-refractivity contribution in [1.29, 1.82) is 5.26 Å². The summed E-state index contributed by atoms with van der Waals surface area (Å²) >= 11 is 0. The largest absolute Gasteiger partial charge is 0.508 e. The second-order valence-electron chi connectivity index (χ2n) is 3.03. The van der Waals surface area contributed by atoms with Gasteiger partial charge >= 0.3 is 0 Å². The van der Waals surface area contributed by atoms with Gasteiger partial charge in [-0.05, 0) is 18.6 Å². The van der Waals surface area contributed by atoms with Crippen LogP contribution in [0.1, 0.15) is 23.6 Å². The third-order valence-electron chi connectivity index (χ3n) is 1.90. The van der Waals surface area contributed by atoms with Gasteiger partial charge in [0.05, 0.1) is 12.5 Å². The predicted octanol–water partition coefficient (Wildman–Crippen LogP) is 2.04. The van der Waals surface area contributed by atoms with E-state index >= 15 is 0 Å². The Kier molecular flexibility index (Phi) is 5.00. The molecule has 1 aromatic carbocycles. The molecule has 0 radical (unpaired) electrons. The zero-order valence-corrected chi connectivity index (χ0v) is 8.71. The van der Waals surface area contributed by atoms with Crippen molar-refractivity contribution in [3.05, 3.63) is 29.3 Å². The summed E-state index contributed by atoms with van der Waals surface area (Å²) in [7, 11) is 0. The summed E-state index contributed by atoms with van der Waals surface area (Å²) in [4.78, 5) is 0. The Hall–Kier alpha value is -1.24. The number of benzene rings is 1. The van der Waals surface area contributed by atoms with E-state index in [1.165, 1.54) is 0 Å². The van der Waals surface area contributed by atoms with E-state index in [-0.39, 0.29) is 24.6 Å². The first-order valence-electron chi connectivity index (χ1n) is 4.07. The van der Waals surface area contributed by atoms with Crippen LogP contribution in [0, 0.1) is 18.3 Å². The van der Waals surface area contributed by atoms with Gasteiger partial charge in [0, 0.05) is 11.6 Å². The van der Waals surface area contributed by atoms with Crippen molar-refractivity contribution >= 4 is 12.4 Å². The minimum absolute atomic E-state index is 0. The number of nitrogens with two attached hydrogens (primary N) is 1. The molecule has 14 heavy (non-hydrogen) atoms. The average molecular weight is 213 g/mol. The highest BCUT2D eigenvalue weighted by Crippen LogP contribution is 2.25. The molecule has 0 heterocycles. The van der Waals surface area contributed by atoms with Crippen molar-refractivity contribution in [2.45, 2.75) is 19.4 Å². The SMILES string of the molecule is Cc1ccc([C@H](N)CC#N)c(O)c1.Cl. The fraction of sp³-hybridized carbons (Fsp3) is 0.300. The minimum atomic E-state index is -0.398. The molecule has 0 aliphatic heterocycles. The molecule has 0 aliphatic carbocycles. The highest BCUT2D eigenvalue weighted by molar-refractivity contribution is 5.85. The first kappa shape index (κ1) is 12.8. The van der Waals surface area contributed by atoms with Gasteiger partial charge in [0.25, 0.3) is 0 Å². The van der Waals surface area contributed by atoms with E-state index in [1.54, 1.807) is 12.1 Å². The van der Waals surface area contributed by atoms with Gasteiger partial charge in [-0.3, -0.25) is 0 Å². The number of rotatable bonds is 2. The maximum Gasteiger partial charge on any atom is 0.120 e. The molecule has 76 valence electrons. The van der Waals surface area contributed by atoms with Crippen molar-refractivity contribution < 1.29 is 5.11 Å². The molecule has 1 rings (SSSR count). The first-order chi connectivity index (χ1) is 6.15. The number of nitriles is 1. The lowest BCUT2D eigenvalue weighted by Gasteiger charge is -2.10. The van der Waals surface area contributed by atoms with Gasteiger partial charge in [0.1, 0.15) is 5.75 Å². The number of hydrogen-bond donors (Lipinski definition) is 2. The molecule has 0 saturated heterocycles. The lowest BCUT2D eigenvalue weighted by molar-refractivity contribution is 0.461. The third kappa shape index (κ3) is 2.91. The zero-order chi connectivity index (χ0) is 9.84. The van der Waals surface area contributed by atoms with Crippen LogP contribution < -0.4 is 5.73 Å². The standard InChI is InChI=1S/C10H12N2O.ClH/c1-7-2-3-8(10(13)6-7)9(12)4-5-11;/h2-3,6,9,13H,4,12H2,1H3;1H/t9-;/m1./s1. The van der Waals surface area contributed by atoms with Crippen molar-refractivity contribution in [1.82, 2.24) is 0 Å². The fourth-order valence-electron chi connectivity index (χ4n) is 1.18. The molecule has 1 aromatic rings. The second-order valence-corrected chi connectivity index (χ2v) is 3.03. The van der Waals surface area contributed by atoms with Crippen molar-refractivity contribution in [2.24, 2.45) is 5.73 Å². The molecule has 0 spiro atoms. The van der Waals surface area contributed by atoms with Crippen LogP contribution in [0.2, 0.25) is 0 Å². The van der Waals surface area contributed by atoms with Crippen LogP contribution in [0.4, 0.5) is 0 Å². The number of aromatic hydroxyl groups is 1. The third-order valence-corrected chi connectivity index (χ3v) is 1.90. The maximum atomic E-state index is 9.50. The summed E-state index contributed by atoms with van der Waals surface area (Å²) in [5.74, 6) is 0.169. The first-order valence-corrected chi connectivity index (χ1v) is 4.07. The molecule has 0 unspecified atom stereocenters. The zero-order valence-electron chi connectivity index (χ0n) is 7.90. The van der Waals surface area contributed by atoms with Gasteiger partial charge in [-0.25, -0.2) is 0 Å². The molecule has 0 aromatic heterocycles. The van der Waals surface area contributed by atoms with Crippen LogP contribution in [0.5, 0.6) is 5.75 Å². The van der Waals surface area contributed by atoms with E-state index in [2.05, 4.69) is 0 Å². The summed E-state index contributed by atoms with van der Waals surface area (Å²) in [6.45, 7) is 1.89. The Labute approximate surface area is 89.6 Å². The summed E-state index contributed by atoms with van der Waals surface area (Å²) in [5.41, 5.74) is 7.28. The highest BCUT2D eigenvalue weighted by atomic mass is 35.5. The molecule has 0 saturated carbocycles. The summed E-state index contributed by atoms with van der Waals surface area (Å²) in [5, 5.41) is 17.9. The van der Waals surface area contributed by atoms with Crippen LogP contribution in [-0.2, 0) is 0 Å². The van der Waals surface area contributed by atoms with E-state index in [0.717, 1.165) is 5.56 Å². The normalized spacial score (nSPS) is 11.2. The van der Waals surface area contributed by atoms with Crippen molar-refractivity contribution in [3.8, 4) is 11.8 Å². The Balaban J connectivity index is 0.00000169. The number of aryl methyl sites for hydroxylation is 1. The Morgan fingerprint density at radius 3 is 2.71 bits per heavy atom. The number of phenols is 1. The van der Waals surface area contributed by atoms with E-state index in [1.807, 2.05) is 19.1 Å². The topological polar surface area (TPSA) is 70.0 Å². The second kappa shape index (κ2) is 5.48. The molecule has 1 atom stereocenters. The summed E-state index contributed by atoms with van der Waals surface area (Å²) in [6, 6.07) is 6.84. The van der Waals surface area contributed by atoms with Crippen LogP contribution >= 0.6 is 12.4 Å². The maximum absolute atomic E-state index is 9.50. The van der Waals surface area contributed by atoms with Crippen LogP contribution in [0.15, 0.2) is 18.2 Å². The lowest BCUT2D eigenvalue weighted by atomic mass is 10.0. The molecule has 0 fully saturated rings. The summed E-state index contributed by atoms with van der Waals surface area (Å²) < 4.78 is 0. The summed E-state index contributed by atoms with van der Waals surface area (Å²) in [6.07, 6.45) is 0.219. The predicted molar refractivity (Wildman–Crippen MR) is 57.3 cm³/mol. The smallest absolute Gasteiger partial charge is 0.120 e. The van der Waals surface area contributed by atoms with Gasteiger partial charge in [-0.1, -0.05) is 12.1 Å². The van der Waals surface area contributed by atoms with E-state index in [0.29, 0.717) is 5.56 Å². The average Bonchev–Trinajstić information content (AvgIpc) is 2.04. The number of hydrogen-bond acceptors (Lipinski definition) is 3. The number of halogens is 1. The molecule has 3 nitrogen and oxygen atoms in total. The molecule has 0 aliphatic rings. The monoisotopic (exact) mass is 212 g/mol. The quantitative estimate of drug-likeness (QED) is 0.788. The highest BCUT2D eigenvalue weighted by Gasteiger charge is 2.09. The Bertz CT molecular complexity index is 346. The lowest BCUT2D eigenvalue weighted by Crippen LogP contribution is -2.09. The van der Waals surface area contributed by atoms with Gasteiger partial charge in [-0.2, -0.15) is 5.26 Å². The van der Waals surface area contributed by atoms with Crippen LogP contribution in [0.3, 0.4) is 0 Å². The number of nitrogens with zero attached hydrogens (tertiary/aromatic N) is 1. The molecule has 0 amide bonds. The molecular weight excluding hydrogens is 200 g/mol. The van der Waals surface area contributed by atoms with Gasteiger partial charge in [0.2, 0.25) is 0 Å². The van der Waals surface area contributed by atoms with Gasteiger partial charge in [-0.15, -0.1) is 12.4 Å². The van der Waals surface area contributed by atoms with Crippen LogP contribution in [0.25, 0.3) is 0 Å². The van der Waals surface area contributed by atoms with E-state index in [9.17, 15) is 5.11 Å². The van der Waals surface area contributed by atoms with E-state index < -0.39 is 6.04 Å². The molecule has 3 N–H and O–H groups in total. The molecular formula is C10H13ClN2O. The van der Waals surface area contributed by atoms with Crippen molar-refractivity contribution in [2.75, 3.05) is 0 Å².